The van der Waals surface area contributed by atoms with E-state index in [1.165, 1.54) is 16.7 Å². The van der Waals surface area contributed by atoms with Crippen LogP contribution in [-0.4, -0.2) is 18.0 Å². The van der Waals surface area contributed by atoms with E-state index >= 15 is 0 Å². The van der Waals surface area contributed by atoms with Gasteiger partial charge in [0.15, 0.2) is 6.10 Å². The third kappa shape index (κ3) is 3.39. The molecule has 0 spiro atoms. The summed E-state index contributed by atoms with van der Waals surface area (Å²) in [6, 6.07) is 32.3. The van der Waals surface area contributed by atoms with Crippen molar-refractivity contribution in [2.75, 3.05) is 0 Å². The van der Waals surface area contributed by atoms with Crippen molar-refractivity contribution in [1.82, 2.24) is 0 Å². The van der Waals surface area contributed by atoms with Crippen LogP contribution >= 0.6 is 0 Å². The number of fused-ring (bicyclic) bond motifs is 3. The maximum Gasteiger partial charge on any atom is 0.338 e. The van der Waals surface area contributed by atoms with Crippen LogP contribution in [-0.2, 0) is 9.47 Å². The minimum Gasteiger partial charge on any atom is -0.454 e. The Kier molecular flexibility index (Phi) is 4.99. The lowest BCUT2D eigenvalue weighted by Gasteiger charge is -2.36. The van der Waals surface area contributed by atoms with Gasteiger partial charge in [-0.05, 0) is 52.9 Å². The number of hydrogen-bond acceptors (Lipinski definition) is 4. The fraction of sp³-hybridized carbons (Fsp3) is 0.133. The van der Waals surface area contributed by atoms with Gasteiger partial charge in [-0.3, -0.25) is 0 Å². The predicted octanol–water partition coefficient (Wildman–Crippen LogP) is 6.33. The maximum absolute atomic E-state index is 13.1. The summed E-state index contributed by atoms with van der Waals surface area (Å²) in [6.45, 7) is 0. The lowest BCUT2D eigenvalue weighted by molar-refractivity contribution is -0.0453. The molecule has 4 aromatic carbocycles. The molecule has 2 aliphatic carbocycles. The van der Waals surface area contributed by atoms with Crippen LogP contribution < -0.4 is 0 Å². The molecule has 0 saturated heterocycles. The third-order valence-electron chi connectivity index (χ3n) is 6.74. The van der Waals surface area contributed by atoms with Crippen LogP contribution in [0.2, 0.25) is 0 Å². The molecule has 4 heteroatoms. The second kappa shape index (κ2) is 8.31. The summed E-state index contributed by atoms with van der Waals surface area (Å²) in [6.07, 6.45) is -0.757. The second-order valence-electron chi connectivity index (χ2n) is 8.69. The molecule has 0 amide bonds. The van der Waals surface area contributed by atoms with E-state index in [4.69, 9.17) is 9.47 Å². The molecule has 0 heterocycles. The normalized spacial score (nSPS) is 19.6. The monoisotopic (exact) mass is 446 g/mol. The first-order valence-electron chi connectivity index (χ1n) is 11.4. The van der Waals surface area contributed by atoms with Gasteiger partial charge in [-0.15, -0.1) is 0 Å². The zero-order valence-electron chi connectivity index (χ0n) is 18.4. The van der Waals surface area contributed by atoms with Crippen molar-refractivity contribution < 1.29 is 19.1 Å². The Morgan fingerprint density at radius 2 is 1.15 bits per heavy atom. The molecule has 0 fully saturated rings. The smallest absolute Gasteiger partial charge is 0.338 e. The van der Waals surface area contributed by atoms with E-state index in [1.54, 1.807) is 48.5 Å². The summed E-state index contributed by atoms with van der Waals surface area (Å²) < 4.78 is 12.1. The van der Waals surface area contributed by atoms with Crippen molar-refractivity contribution in [2.45, 2.75) is 24.5 Å². The van der Waals surface area contributed by atoms with E-state index in [-0.39, 0.29) is 5.92 Å². The Balaban J connectivity index is 1.41. The fourth-order valence-electron chi connectivity index (χ4n) is 5.24. The number of hydrogen-bond donors (Lipinski definition) is 0. The van der Waals surface area contributed by atoms with Crippen LogP contribution in [0.3, 0.4) is 0 Å². The number of rotatable bonds is 4. The summed E-state index contributed by atoms with van der Waals surface area (Å²) in [5, 5.41) is 0. The maximum atomic E-state index is 13.1. The quantitative estimate of drug-likeness (QED) is 0.344. The number of esters is 2. The van der Waals surface area contributed by atoms with Crippen molar-refractivity contribution in [3.63, 3.8) is 0 Å². The van der Waals surface area contributed by atoms with Gasteiger partial charge in [0.25, 0.3) is 0 Å². The number of benzene rings is 4. The van der Waals surface area contributed by atoms with Crippen LogP contribution in [0.25, 0.3) is 11.1 Å². The summed E-state index contributed by atoms with van der Waals surface area (Å²) >= 11 is 0. The molecule has 4 aromatic rings. The zero-order chi connectivity index (χ0) is 23.1. The van der Waals surface area contributed by atoms with E-state index in [0.717, 1.165) is 11.1 Å². The Labute approximate surface area is 197 Å². The van der Waals surface area contributed by atoms with Gasteiger partial charge in [0, 0.05) is 11.5 Å². The highest BCUT2D eigenvalue weighted by Gasteiger charge is 2.44. The van der Waals surface area contributed by atoms with E-state index < -0.39 is 24.1 Å². The van der Waals surface area contributed by atoms with Gasteiger partial charge in [0.05, 0.1) is 11.1 Å². The van der Waals surface area contributed by atoms with Crippen molar-refractivity contribution in [3.8, 4) is 11.1 Å². The van der Waals surface area contributed by atoms with E-state index in [9.17, 15) is 9.59 Å². The minimum atomic E-state index is -0.694. The summed E-state index contributed by atoms with van der Waals surface area (Å²) in [5.74, 6) is -0.766. The zero-order valence-corrected chi connectivity index (χ0v) is 18.4. The summed E-state index contributed by atoms with van der Waals surface area (Å²) in [7, 11) is 0. The standard InChI is InChI=1S/C30H22O4/c31-29(19-10-3-1-4-11-19)33-26-18-25-22-15-8-7-14-21(22)23-16-9-17-24(27(23)25)28(26)34-30(32)20-12-5-2-6-13-20/h1-17,25-26,28H,18H2. The van der Waals surface area contributed by atoms with Crippen molar-refractivity contribution in [2.24, 2.45) is 0 Å². The minimum absolute atomic E-state index is 0.0858. The Morgan fingerprint density at radius 3 is 1.85 bits per heavy atom. The molecule has 166 valence electrons. The SMILES string of the molecule is O=C(OC1CC2c3ccccc3-c3cccc(c32)C1OC(=O)c1ccccc1)c1ccccc1. The lowest BCUT2D eigenvalue weighted by Crippen LogP contribution is -2.35. The Hall–Kier alpha value is -4.18. The highest BCUT2D eigenvalue weighted by Crippen LogP contribution is 2.54. The number of carbonyl (C=O) groups excluding carboxylic acids is 2. The van der Waals surface area contributed by atoms with Crippen LogP contribution in [0, 0.1) is 0 Å². The first-order valence-corrected chi connectivity index (χ1v) is 11.4. The van der Waals surface area contributed by atoms with Gasteiger partial charge in [-0.1, -0.05) is 78.9 Å². The summed E-state index contributed by atoms with van der Waals surface area (Å²) in [4.78, 5) is 26.1. The van der Waals surface area contributed by atoms with Crippen molar-refractivity contribution in [3.05, 3.63) is 131 Å². The van der Waals surface area contributed by atoms with Gasteiger partial charge in [-0.2, -0.15) is 0 Å². The molecule has 6 rings (SSSR count). The first-order chi connectivity index (χ1) is 16.7. The number of carbonyl (C=O) groups is 2. The average Bonchev–Trinajstić information content (AvgIpc) is 3.22. The Bertz CT molecular complexity index is 1380. The molecule has 0 aromatic heterocycles. The van der Waals surface area contributed by atoms with E-state index in [1.807, 2.05) is 36.4 Å². The largest absolute Gasteiger partial charge is 0.454 e. The molecule has 0 aliphatic heterocycles. The van der Waals surface area contributed by atoms with E-state index in [0.29, 0.717) is 17.5 Å². The molecule has 0 N–H and O–H groups in total. The predicted molar refractivity (Wildman–Crippen MR) is 129 cm³/mol. The lowest BCUT2D eigenvalue weighted by atomic mass is 9.78. The summed E-state index contributed by atoms with van der Waals surface area (Å²) in [5.41, 5.74) is 6.58. The van der Waals surface area contributed by atoms with Gasteiger partial charge in [0.2, 0.25) is 0 Å². The topological polar surface area (TPSA) is 52.6 Å². The van der Waals surface area contributed by atoms with E-state index in [2.05, 4.69) is 18.2 Å². The highest BCUT2D eigenvalue weighted by atomic mass is 16.6. The third-order valence-corrected chi connectivity index (χ3v) is 6.74. The van der Waals surface area contributed by atoms with Crippen LogP contribution in [0.15, 0.2) is 103 Å². The molecule has 0 radical (unpaired) electrons. The number of ether oxygens (including phenoxy) is 2. The molecule has 34 heavy (non-hydrogen) atoms. The molecule has 0 saturated carbocycles. The molecule has 2 aliphatic rings. The molecule has 0 bridgehead atoms. The van der Waals surface area contributed by atoms with Crippen molar-refractivity contribution in [1.29, 1.82) is 0 Å². The van der Waals surface area contributed by atoms with Crippen LogP contribution in [0.1, 0.15) is 55.8 Å². The average molecular weight is 447 g/mol. The van der Waals surface area contributed by atoms with Gasteiger partial charge < -0.3 is 9.47 Å². The van der Waals surface area contributed by atoms with Crippen LogP contribution in [0.5, 0.6) is 0 Å². The highest BCUT2D eigenvalue weighted by molar-refractivity contribution is 5.91. The molecular formula is C30H22O4. The van der Waals surface area contributed by atoms with Crippen LogP contribution in [0.4, 0.5) is 0 Å². The molecular weight excluding hydrogens is 424 g/mol. The fourth-order valence-corrected chi connectivity index (χ4v) is 5.24. The van der Waals surface area contributed by atoms with Gasteiger partial charge >= 0.3 is 11.9 Å². The molecule has 3 unspecified atom stereocenters. The Morgan fingerprint density at radius 1 is 0.588 bits per heavy atom. The molecule has 3 atom stereocenters. The molecule has 4 nitrogen and oxygen atoms in total. The van der Waals surface area contributed by atoms with Gasteiger partial charge in [0.1, 0.15) is 6.10 Å². The second-order valence-corrected chi connectivity index (χ2v) is 8.69. The van der Waals surface area contributed by atoms with Crippen molar-refractivity contribution >= 4 is 11.9 Å². The first kappa shape index (κ1) is 20.4. The van der Waals surface area contributed by atoms with Gasteiger partial charge in [-0.25, -0.2) is 9.59 Å².